The molecule has 0 bridgehead atoms. The van der Waals surface area contributed by atoms with Crippen LogP contribution in [0.15, 0.2) is 29.2 Å². The second-order valence-electron chi connectivity index (χ2n) is 3.66. The van der Waals surface area contributed by atoms with Gasteiger partial charge in [-0.3, -0.25) is 4.79 Å². The lowest BCUT2D eigenvalue weighted by atomic mass is 10.3. The topological polar surface area (TPSA) is 29.5 Å². The SMILES string of the molecule is CCCOC(=O)CN1CSc2ccccc21.[Br-]. The van der Waals surface area contributed by atoms with Crippen LogP contribution in [0.3, 0.4) is 0 Å². The van der Waals surface area contributed by atoms with Crippen LogP contribution in [-0.4, -0.2) is 25.0 Å². The van der Waals surface area contributed by atoms with Gasteiger partial charge in [-0.1, -0.05) is 19.1 Å². The fraction of sp³-hybridized carbons (Fsp3) is 0.417. The van der Waals surface area contributed by atoms with Crippen LogP contribution in [-0.2, 0) is 9.53 Å². The van der Waals surface area contributed by atoms with Crippen molar-refractivity contribution in [3.8, 4) is 0 Å². The zero-order valence-electron chi connectivity index (χ0n) is 9.69. The molecule has 17 heavy (non-hydrogen) atoms. The summed E-state index contributed by atoms with van der Waals surface area (Å²) in [6.45, 7) is 2.86. The van der Waals surface area contributed by atoms with Gasteiger partial charge in [-0.05, 0) is 18.6 Å². The van der Waals surface area contributed by atoms with Crippen molar-refractivity contribution in [3.05, 3.63) is 24.3 Å². The molecule has 0 atom stereocenters. The van der Waals surface area contributed by atoms with Crippen molar-refractivity contribution < 1.29 is 26.5 Å². The third kappa shape index (κ3) is 3.64. The summed E-state index contributed by atoms with van der Waals surface area (Å²) in [5, 5.41) is 0. The Morgan fingerprint density at radius 2 is 2.24 bits per heavy atom. The third-order valence-corrected chi connectivity index (χ3v) is 3.47. The summed E-state index contributed by atoms with van der Waals surface area (Å²) in [6, 6.07) is 8.14. The van der Waals surface area contributed by atoms with Gasteiger partial charge in [0.2, 0.25) is 0 Å². The Balaban J connectivity index is 0.00000144. The smallest absolute Gasteiger partial charge is 0.325 e. The molecule has 0 aromatic heterocycles. The number of ether oxygens (including phenoxy) is 1. The lowest BCUT2D eigenvalue weighted by molar-refractivity contribution is -0.141. The molecular formula is C12H15BrNO2S-. The Morgan fingerprint density at radius 3 is 3.00 bits per heavy atom. The maximum Gasteiger partial charge on any atom is 0.325 e. The van der Waals surface area contributed by atoms with E-state index in [1.165, 1.54) is 4.90 Å². The van der Waals surface area contributed by atoms with E-state index in [-0.39, 0.29) is 23.0 Å². The minimum atomic E-state index is -0.140. The molecule has 3 nitrogen and oxygen atoms in total. The van der Waals surface area contributed by atoms with Crippen LogP contribution in [0, 0.1) is 0 Å². The molecule has 0 saturated carbocycles. The molecule has 2 rings (SSSR count). The molecule has 1 aromatic rings. The van der Waals surface area contributed by atoms with Gasteiger partial charge in [-0.15, -0.1) is 11.8 Å². The molecule has 1 aliphatic heterocycles. The Bertz CT molecular complexity index is 387. The van der Waals surface area contributed by atoms with Crippen LogP contribution < -0.4 is 21.9 Å². The lowest BCUT2D eigenvalue weighted by Crippen LogP contribution is -3.00. The molecule has 0 saturated heterocycles. The van der Waals surface area contributed by atoms with Crippen LogP contribution in [0.5, 0.6) is 0 Å². The van der Waals surface area contributed by atoms with E-state index in [1.54, 1.807) is 11.8 Å². The lowest BCUT2D eigenvalue weighted by Gasteiger charge is -2.16. The van der Waals surface area contributed by atoms with Crippen LogP contribution in [0.25, 0.3) is 0 Å². The fourth-order valence-electron chi connectivity index (χ4n) is 1.61. The second-order valence-corrected chi connectivity index (χ2v) is 4.65. The van der Waals surface area contributed by atoms with E-state index in [2.05, 4.69) is 11.0 Å². The first-order valence-corrected chi connectivity index (χ1v) is 6.42. The summed E-state index contributed by atoms with van der Waals surface area (Å²) in [5.41, 5.74) is 1.14. The van der Waals surface area contributed by atoms with Crippen molar-refractivity contribution in [2.75, 3.05) is 23.9 Å². The number of anilines is 1. The van der Waals surface area contributed by atoms with Gasteiger partial charge in [0.15, 0.2) is 0 Å². The molecule has 94 valence electrons. The number of hydrogen-bond donors (Lipinski definition) is 0. The van der Waals surface area contributed by atoms with Crippen LogP contribution in [0.1, 0.15) is 13.3 Å². The maximum absolute atomic E-state index is 11.5. The van der Waals surface area contributed by atoms with Gasteiger partial charge < -0.3 is 26.6 Å². The van der Waals surface area contributed by atoms with Gasteiger partial charge in [0, 0.05) is 4.90 Å². The highest BCUT2D eigenvalue weighted by Crippen LogP contribution is 2.37. The summed E-state index contributed by atoms with van der Waals surface area (Å²) < 4.78 is 5.08. The van der Waals surface area contributed by atoms with Crippen LogP contribution >= 0.6 is 11.8 Å². The molecule has 0 aliphatic carbocycles. The van der Waals surface area contributed by atoms with E-state index < -0.39 is 0 Å². The predicted octanol–water partition coefficient (Wildman–Crippen LogP) is -0.487. The average Bonchev–Trinajstić information content (AvgIpc) is 2.70. The van der Waals surface area contributed by atoms with Crippen molar-refractivity contribution in [1.82, 2.24) is 0 Å². The first-order valence-electron chi connectivity index (χ1n) is 5.43. The summed E-state index contributed by atoms with van der Waals surface area (Å²) in [4.78, 5) is 14.8. The Kier molecular flexibility index (Phi) is 5.85. The van der Waals surface area contributed by atoms with Gasteiger partial charge in [0.25, 0.3) is 0 Å². The molecular weight excluding hydrogens is 302 g/mol. The summed E-state index contributed by atoms with van der Waals surface area (Å²) in [7, 11) is 0. The Hall–Kier alpha value is -0.680. The third-order valence-electron chi connectivity index (χ3n) is 2.37. The number of hydrogen-bond acceptors (Lipinski definition) is 4. The number of nitrogens with zero attached hydrogens (tertiary/aromatic N) is 1. The quantitative estimate of drug-likeness (QED) is 0.701. The van der Waals surface area contributed by atoms with Crippen LogP contribution in [0.4, 0.5) is 5.69 Å². The van der Waals surface area contributed by atoms with Crippen molar-refractivity contribution in [2.24, 2.45) is 0 Å². The minimum Gasteiger partial charge on any atom is -1.00 e. The number of fused-ring (bicyclic) bond motifs is 1. The average molecular weight is 317 g/mol. The summed E-state index contributed by atoms with van der Waals surface area (Å²) in [6.07, 6.45) is 0.872. The molecule has 0 amide bonds. The number of esters is 1. The van der Waals surface area contributed by atoms with E-state index in [1.807, 2.05) is 25.1 Å². The highest BCUT2D eigenvalue weighted by atomic mass is 79.9. The number of halogens is 1. The minimum absolute atomic E-state index is 0. The monoisotopic (exact) mass is 316 g/mol. The molecule has 0 fully saturated rings. The van der Waals surface area contributed by atoms with E-state index in [9.17, 15) is 4.79 Å². The molecule has 1 aliphatic rings. The largest absolute Gasteiger partial charge is 1.00 e. The molecule has 0 unspecified atom stereocenters. The van der Waals surface area contributed by atoms with E-state index >= 15 is 0 Å². The van der Waals surface area contributed by atoms with Crippen molar-refractivity contribution in [1.29, 1.82) is 0 Å². The van der Waals surface area contributed by atoms with Gasteiger partial charge in [-0.2, -0.15) is 0 Å². The second kappa shape index (κ2) is 6.91. The van der Waals surface area contributed by atoms with Gasteiger partial charge in [0.05, 0.1) is 18.2 Å². The number of thioether (sulfide) groups is 1. The van der Waals surface area contributed by atoms with Crippen molar-refractivity contribution in [2.45, 2.75) is 18.2 Å². The molecule has 0 N–H and O–H groups in total. The van der Waals surface area contributed by atoms with E-state index in [0.29, 0.717) is 13.2 Å². The highest BCUT2D eigenvalue weighted by molar-refractivity contribution is 7.99. The first-order chi connectivity index (χ1) is 7.81. The maximum atomic E-state index is 11.5. The number of para-hydroxylation sites is 1. The molecule has 0 radical (unpaired) electrons. The van der Waals surface area contributed by atoms with E-state index in [0.717, 1.165) is 18.0 Å². The van der Waals surface area contributed by atoms with E-state index in [4.69, 9.17) is 4.74 Å². The number of rotatable bonds is 4. The molecule has 1 heterocycles. The first kappa shape index (κ1) is 14.4. The fourth-order valence-corrected chi connectivity index (χ4v) is 2.65. The summed E-state index contributed by atoms with van der Waals surface area (Å²) >= 11 is 1.76. The van der Waals surface area contributed by atoms with Gasteiger partial charge in [0.1, 0.15) is 6.54 Å². The Morgan fingerprint density at radius 1 is 1.47 bits per heavy atom. The van der Waals surface area contributed by atoms with Crippen LogP contribution in [0.2, 0.25) is 0 Å². The number of carbonyl (C=O) groups excluding carboxylic acids is 1. The highest BCUT2D eigenvalue weighted by Gasteiger charge is 2.21. The predicted molar refractivity (Wildman–Crippen MR) is 65.8 cm³/mol. The Labute approximate surface area is 116 Å². The van der Waals surface area contributed by atoms with Gasteiger partial charge >= 0.3 is 5.97 Å². The molecule has 5 heteroatoms. The van der Waals surface area contributed by atoms with Crippen molar-refractivity contribution in [3.63, 3.8) is 0 Å². The zero-order valence-corrected chi connectivity index (χ0v) is 12.1. The standard InChI is InChI=1S/C12H15NO2S.BrH/c1-2-7-15-12(14)8-13-9-16-11-6-4-3-5-10(11)13;/h3-6H,2,7-9H2,1H3;1H/p-1. The normalized spacial score (nSPS) is 12.9. The number of benzene rings is 1. The zero-order chi connectivity index (χ0) is 11.4. The van der Waals surface area contributed by atoms with Crippen molar-refractivity contribution >= 4 is 23.4 Å². The number of carbonyl (C=O) groups is 1. The van der Waals surface area contributed by atoms with Gasteiger partial charge in [-0.25, -0.2) is 0 Å². The molecule has 1 aromatic carbocycles. The summed E-state index contributed by atoms with van der Waals surface area (Å²) in [5.74, 6) is 0.694. The molecule has 0 spiro atoms.